The van der Waals surface area contributed by atoms with Crippen LogP contribution in [0.3, 0.4) is 0 Å². The largest absolute Gasteiger partial charge is 0.227 e. The molecular formula is C18H14ClN5S. The summed E-state index contributed by atoms with van der Waals surface area (Å²) >= 11 is 7.81. The molecule has 7 heteroatoms. The van der Waals surface area contributed by atoms with E-state index in [0.29, 0.717) is 6.54 Å². The van der Waals surface area contributed by atoms with E-state index in [1.54, 1.807) is 22.8 Å². The molecule has 5 nitrogen and oxygen atoms in total. The van der Waals surface area contributed by atoms with E-state index in [2.05, 4.69) is 32.4 Å². The molecule has 0 spiro atoms. The highest BCUT2D eigenvalue weighted by atomic mass is 35.5. The smallest absolute Gasteiger partial charge is 0.183 e. The van der Waals surface area contributed by atoms with Crippen molar-refractivity contribution in [2.75, 3.05) is 0 Å². The predicted molar refractivity (Wildman–Crippen MR) is 99.7 cm³/mol. The average Bonchev–Trinajstić information content (AvgIpc) is 3.05. The number of nitrogens with zero attached hydrogens (tertiary/aromatic N) is 5. The van der Waals surface area contributed by atoms with E-state index < -0.39 is 0 Å². The summed E-state index contributed by atoms with van der Waals surface area (Å²) in [4.78, 5) is 8.72. The van der Waals surface area contributed by atoms with E-state index in [1.807, 2.05) is 42.5 Å². The number of rotatable bonds is 5. The number of benzene rings is 2. The lowest BCUT2D eigenvalue weighted by Crippen LogP contribution is -2.02. The van der Waals surface area contributed by atoms with Crippen LogP contribution in [0.15, 0.2) is 66.0 Å². The maximum Gasteiger partial charge on any atom is 0.183 e. The van der Waals surface area contributed by atoms with Gasteiger partial charge in [0.25, 0.3) is 0 Å². The molecule has 25 heavy (non-hydrogen) atoms. The normalized spacial score (nSPS) is 11.1. The zero-order valence-electron chi connectivity index (χ0n) is 13.2. The molecule has 0 saturated carbocycles. The van der Waals surface area contributed by atoms with Crippen molar-refractivity contribution in [2.24, 2.45) is 0 Å². The van der Waals surface area contributed by atoms with Gasteiger partial charge in [0.15, 0.2) is 11.2 Å². The molecule has 0 bridgehead atoms. The van der Waals surface area contributed by atoms with Crippen LogP contribution in [0, 0.1) is 0 Å². The first-order chi connectivity index (χ1) is 12.3. The van der Waals surface area contributed by atoms with Crippen LogP contribution in [0.4, 0.5) is 0 Å². The summed E-state index contributed by atoms with van der Waals surface area (Å²) in [7, 11) is 0. The van der Waals surface area contributed by atoms with E-state index >= 15 is 0 Å². The van der Waals surface area contributed by atoms with Gasteiger partial charge in [-0.05, 0) is 17.2 Å². The zero-order chi connectivity index (χ0) is 17.1. The van der Waals surface area contributed by atoms with Crippen molar-refractivity contribution in [3.05, 3.63) is 77.1 Å². The highest BCUT2D eigenvalue weighted by Crippen LogP contribution is 2.28. The Kier molecular flexibility index (Phi) is 4.63. The summed E-state index contributed by atoms with van der Waals surface area (Å²) < 4.78 is 1.80. The van der Waals surface area contributed by atoms with Gasteiger partial charge < -0.3 is 0 Å². The van der Waals surface area contributed by atoms with Crippen LogP contribution < -0.4 is 0 Å². The molecule has 0 atom stereocenters. The maximum absolute atomic E-state index is 6.22. The number of hydrogen-bond acceptors (Lipinski definition) is 5. The first kappa shape index (κ1) is 16.1. The Bertz CT molecular complexity index is 1000. The van der Waals surface area contributed by atoms with Gasteiger partial charge in [0.05, 0.1) is 6.54 Å². The maximum atomic E-state index is 6.22. The highest BCUT2D eigenvalue weighted by molar-refractivity contribution is 7.98. The Hall–Kier alpha value is -2.44. The molecule has 0 saturated heterocycles. The summed E-state index contributed by atoms with van der Waals surface area (Å²) in [6, 6.07) is 17.9. The van der Waals surface area contributed by atoms with Crippen molar-refractivity contribution < 1.29 is 0 Å². The molecule has 0 amide bonds. The molecule has 124 valence electrons. The van der Waals surface area contributed by atoms with Gasteiger partial charge in [0, 0.05) is 10.8 Å². The molecule has 0 aliphatic rings. The van der Waals surface area contributed by atoms with E-state index in [0.717, 1.165) is 38.1 Å². The van der Waals surface area contributed by atoms with Crippen LogP contribution in [0.5, 0.6) is 0 Å². The highest BCUT2D eigenvalue weighted by Gasteiger charge is 2.13. The molecule has 0 unspecified atom stereocenters. The van der Waals surface area contributed by atoms with Gasteiger partial charge in [-0.15, -0.1) is 5.10 Å². The Labute approximate surface area is 154 Å². The second kappa shape index (κ2) is 7.21. The minimum absolute atomic E-state index is 0.628. The Morgan fingerprint density at radius 3 is 2.60 bits per heavy atom. The second-order valence-corrected chi connectivity index (χ2v) is 6.84. The van der Waals surface area contributed by atoms with Crippen LogP contribution in [-0.4, -0.2) is 25.0 Å². The predicted octanol–water partition coefficient (Wildman–Crippen LogP) is 4.22. The molecule has 2 aromatic heterocycles. The van der Waals surface area contributed by atoms with Gasteiger partial charge in [0.2, 0.25) is 0 Å². The molecule has 0 aliphatic carbocycles. The van der Waals surface area contributed by atoms with Crippen LogP contribution in [0.25, 0.3) is 11.2 Å². The SMILES string of the molecule is Clc1ccccc1CSc1ncnc2c1nnn2Cc1ccccc1. The molecule has 2 aromatic carbocycles. The van der Waals surface area contributed by atoms with Gasteiger partial charge in [0.1, 0.15) is 11.4 Å². The first-order valence-corrected chi connectivity index (χ1v) is 9.12. The molecule has 0 fully saturated rings. The minimum atomic E-state index is 0.628. The van der Waals surface area contributed by atoms with Gasteiger partial charge in [-0.25, -0.2) is 14.6 Å². The van der Waals surface area contributed by atoms with Crippen molar-refractivity contribution >= 4 is 34.5 Å². The van der Waals surface area contributed by atoms with E-state index in [-0.39, 0.29) is 0 Å². The monoisotopic (exact) mass is 367 g/mol. The molecule has 4 rings (SSSR count). The van der Waals surface area contributed by atoms with Crippen molar-refractivity contribution in [1.82, 2.24) is 25.0 Å². The summed E-state index contributed by atoms with van der Waals surface area (Å²) in [5, 5.41) is 10.1. The van der Waals surface area contributed by atoms with Crippen LogP contribution in [0.2, 0.25) is 5.02 Å². The summed E-state index contributed by atoms with van der Waals surface area (Å²) in [6.07, 6.45) is 1.56. The molecule has 2 heterocycles. The van der Waals surface area contributed by atoms with E-state index in [9.17, 15) is 0 Å². The number of thioether (sulfide) groups is 1. The quantitative estimate of drug-likeness (QED) is 0.390. The third-order valence-electron chi connectivity index (χ3n) is 3.76. The lowest BCUT2D eigenvalue weighted by atomic mass is 10.2. The summed E-state index contributed by atoms with van der Waals surface area (Å²) in [5.41, 5.74) is 3.67. The third-order valence-corrected chi connectivity index (χ3v) is 5.16. The number of hydrogen-bond donors (Lipinski definition) is 0. The van der Waals surface area contributed by atoms with Crippen molar-refractivity contribution in [1.29, 1.82) is 0 Å². The number of fused-ring (bicyclic) bond motifs is 1. The van der Waals surface area contributed by atoms with E-state index in [1.165, 1.54) is 0 Å². The van der Waals surface area contributed by atoms with Gasteiger partial charge in [-0.1, -0.05) is 77.1 Å². The Morgan fingerprint density at radius 2 is 1.76 bits per heavy atom. The molecule has 4 aromatic rings. The molecule has 0 radical (unpaired) electrons. The van der Waals surface area contributed by atoms with Gasteiger partial charge in [-0.3, -0.25) is 0 Å². The van der Waals surface area contributed by atoms with E-state index in [4.69, 9.17) is 11.6 Å². The first-order valence-electron chi connectivity index (χ1n) is 7.75. The van der Waals surface area contributed by atoms with Gasteiger partial charge in [-0.2, -0.15) is 0 Å². The Morgan fingerprint density at radius 1 is 0.960 bits per heavy atom. The standard InChI is InChI=1S/C18H14ClN5S/c19-15-9-5-4-8-14(15)11-25-18-16-17(20-12-21-18)24(23-22-16)10-13-6-2-1-3-7-13/h1-9,12H,10-11H2. The molecule has 0 aliphatic heterocycles. The number of halogens is 1. The number of aromatic nitrogens is 5. The third kappa shape index (κ3) is 3.50. The van der Waals surface area contributed by atoms with Crippen molar-refractivity contribution in [3.8, 4) is 0 Å². The van der Waals surface area contributed by atoms with Crippen LogP contribution in [-0.2, 0) is 12.3 Å². The minimum Gasteiger partial charge on any atom is -0.227 e. The molecule has 0 N–H and O–H groups in total. The fourth-order valence-electron chi connectivity index (χ4n) is 2.50. The molecular weight excluding hydrogens is 354 g/mol. The fraction of sp³-hybridized carbons (Fsp3) is 0.111. The van der Waals surface area contributed by atoms with Crippen LogP contribution in [0.1, 0.15) is 11.1 Å². The second-order valence-electron chi connectivity index (χ2n) is 5.46. The topological polar surface area (TPSA) is 56.5 Å². The fourth-order valence-corrected chi connectivity index (χ4v) is 3.72. The zero-order valence-corrected chi connectivity index (χ0v) is 14.8. The Balaban J connectivity index is 1.60. The summed E-state index contributed by atoms with van der Waals surface area (Å²) in [5.74, 6) is 0.720. The summed E-state index contributed by atoms with van der Waals surface area (Å²) in [6.45, 7) is 0.628. The lowest BCUT2D eigenvalue weighted by Gasteiger charge is -2.04. The van der Waals surface area contributed by atoms with Crippen molar-refractivity contribution in [3.63, 3.8) is 0 Å². The average molecular weight is 368 g/mol. The van der Waals surface area contributed by atoms with Crippen molar-refractivity contribution in [2.45, 2.75) is 17.3 Å². The lowest BCUT2D eigenvalue weighted by molar-refractivity contribution is 0.664. The van der Waals surface area contributed by atoms with Gasteiger partial charge >= 0.3 is 0 Å². The van der Waals surface area contributed by atoms with Crippen LogP contribution >= 0.6 is 23.4 Å².